The highest BCUT2D eigenvalue weighted by atomic mass is 19.1. The van der Waals surface area contributed by atoms with Crippen molar-refractivity contribution >= 4 is 0 Å². The Kier molecular flexibility index (Phi) is 3.83. The zero-order valence-electron chi connectivity index (χ0n) is 11.8. The number of aromatic nitrogens is 2. The van der Waals surface area contributed by atoms with Gasteiger partial charge in [0.25, 0.3) is 0 Å². The molecule has 1 aliphatic rings. The predicted molar refractivity (Wildman–Crippen MR) is 77.5 cm³/mol. The van der Waals surface area contributed by atoms with Crippen molar-refractivity contribution in [2.24, 2.45) is 0 Å². The number of benzene rings is 1. The lowest BCUT2D eigenvalue weighted by atomic mass is 10.0. The number of rotatable bonds is 4. The van der Waals surface area contributed by atoms with Gasteiger partial charge in [-0.3, -0.25) is 0 Å². The van der Waals surface area contributed by atoms with E-state index >= 15 is 0 Å². The summed E-state index contributed by atoms with van der Waals surface area (Å²) >= 11 is 0. The molecule has 1 aromatic heterocycles. The van der Waals surface area contributed by atoms with Crippen LogP contribution < -0.4 is 5.32 Å². The van der Waals surface area contributed by atoms with Crippen LogP contribution in [0.5, 0.6) is 0 Å². The van der Waals surface area contributed by atoms with Crippen LogP contribution in [0.1, 0.15) is 36.7 Å². The van der Waals surface area contributed by atoms with Crippen molar-refractivity contribution in [3.8, 4) is 5.69 Å². The first-order valence-corrected chi connectivity index (χ1v) is 7.34. The van der Waals surface area contributed by atoms with Crippen LogP contribution in [0.15, 0.2) is 24.5 Å². The molecule has 1 aromatic carbocycles. The molecule has 0 atom stereocenters. The van der Waals surface area contributed by atoms with Crippen LogP contribution in [-0.4, -0.2) is 16.1 Å². The molecule has 20 heavy (non-hydrogen) atoms. The van der Waals surface area contributed by atoms with Crippen molar-refractivity contribution in [3.63, 3.8) is 0 Å². The van der Waals surface area contributed by atoms with E-state index in [9.17, 15) is 4.39 Å². The Morgan fingerprint density at radius 2 is 2.15 bits per heavy atom. The van der Waals surface area contributed by atoms with Gasteiger partial charge in [0.1, 0.15) is 5.82 Å². The number of hydrogen-bond acceptors (Lipinski definition) is 2. The summed E-state index contributed by atoms with van der Waals surface area (Å²) in [7, 11) is 0. The van der Waals surface area contributed by atoms with Gasteiger partial charge in [-0.2, -0.15) is 0 Å². The minimum Gasteiger partial charge on any atom is -0.313 e. The molecule has 0 saturated carbocycles. The SMILES string of the molecule is CCNCc1ccc(-n2cnc3c2CCCC3)c(F)c1. The number of nitrogens with zero attached hydrogens (tertiary/aromatic N) is 2. The number of fused-ring (bicyclic) bond motifs is 1. The highest BCUT2D eigenvalue weighted by Gasteiger charge is 2.17. The van der Waals surface area contributed by atoms with E-state index in [1.165, 1.54) is 18.5 Å². The molecule has 1 heterocycles. The molecule has 1 aliphatic carbocycles. The maximum absolute atomic E-state index is 14.3. The third-order valence-electron chi connectivity index (χ3n) is 3.88. The van der Waals surface area contributed by atoms with E-state index in [0.29, 0.717) is 12.2 Å². The first kappa shape index (κ1) is 13.3. The third kappa shape index (κ3) is 2.48. The summed E-state index contributed by atoms with van der Waals surface area (Å²) in [5.41, 5.74) is 3.89. The molecule has 0 fully saturated rings. The lowest BCUT2D eigenvalue weighted by molar-refractivity contribution is 0.604. The van der Waals surface area contributed by atoms with Crippen LogP contribution >= 0.6 is 0 Å². The van der Waals surface area contributed by atoms with E-state index in [1.807, 2.05) is 23.6 Å². The molecule has 4 heteroatoms. The van der Waals surface area contributed by atoms with Gasteiger partial charge in [-0.05, 0) is 49.9 Å². The quantitative estimate of drug-likeness (QED) is 0.928. The monoisotopic (exact) mass is 273 g/mol. The first-order chi connectivity index (χ1) is 9.79. The second-order valence-corrected chi connectivity index (χ2v) is 5.28. The van der Waals surface area contributed by atoms with Crippen molar-refractivity contribution in [1.82, 2.24) is 14.9 Å². The molecular formula is C16H20FN3. The molecule has 0 amide bonds. The third-order valence-corrected chi connectivity index (χ3v) is 3.88. The molecule has 0 saturated heterocycles. The van der Waals surface area contributed by atoms with Gasteiger partial charge in [-0.1, -0.05) is 13.0 Å². The molecule has 0 unspecified atom stereocenters. The molecule has 0 spiro atoms. The van der Waals surface area contributed by atoms with Crippen LogP contribution in [0.25, 0.3) is 5.69 Å². The minimum absolute atomic E-state index is 0.175. The molecule has 1 N–H and O–H groups in total. The van der Waals surface area contributed by atoms with Gasteiger partial charge >= 0.3 is 0 Å². The van der Waals surface area contributed by atoms with Crippen LogP contribution in [-0.2, 0) is 19.4 Å². The fraction of sp³-hybridized carbons (Fsp3) is 0.438. The van der Waals surface area contributed by atoms with E-state index in [1.54, 1.807) is 12.4 Å². The topological polar surface area (TPSA) is 29.9 Å². The zero-order valence-corrected chi connectivity index (χ0v) is 11.8. The summed E-state index contributed by atoms with van der Waals surface area (Å²) in [6.07, 6.45) is 6.13. The van der Waals surface area contributed by atoms with E-state index in [0.717, 1.165) is 30.6 Å². The van der Waals surface area contributed by atoms with Crippen LogP contribution in [0.4, 0.5) is 4.39 Å². The van der Waals surface area contributed by atoms with Gasteiger partial charge in [0.05, 0.1) is 17.7 Å². The Labute approximate surface area is 118 Å². The smallest absolute Gasteiger partial charge is 0.147 e. The van der Waals surface area contributed by atoms with E-state index in [4.69, 9.17) is 0 Å². The molecule has 2 aromatic rings. The molecule has 0 bridgehead atoms. The zero-order chi connectivity index (χ0) is 13.9. The Hall–Kier alpha value is -1.68. The number of aryl methyl sites for hydroxylation is 1. The first-order valence-electron chi connectivity index (χ1n) is 7.34. The normalized spacial score (nSPS) is 14.3. The van der Waals surface area contributed by atoms with Gasteiger partial charge in [0.2, 0.25) is 0 Å². The van der Waals surface area contributed by atoms with Crippen LogP contribution in [0.3, 0.4) is 0 Å². The highest BCUT2D eigenvalue weighted by molar-refractivity contribution is 5.39. The molecular weight excluding hydrogens is 253 g/mol. The highest BCUT2D eigenvalue weighted by Crippen LogP contribution is 2.24. The summed E-state index contributed by atoms with van der Waals surface area (Å²) in [5.74, 6) is -0.175. The summed E-state index contributed by atoms with van der Waals surface area (Å²) in [4.78, 5) is 4.43. The number of hydrogen-bond donors (Lipinski definition) is 1. The number of halogens is 1. The van der Waals surface area contributed by atoms with Crippen molar-refractivity contribution in [1.29, 1.82) is 0 Å². The second-order valence-electron chi connectivity index (χ2n) is 5.28. The average Bonchev–Trinajstić information content (AvgIpc) is 2.89. The standard InChI is InChI=1S/C16H20FN3/c1-2-18-10-12-7-8-15(13(17)9-12)20-11-19-14-5-3-4-6-16(14)20/h7-9,11,18H,2-6,10H2,1H3. The fourth-order valence-corrected chi connectivity index (χ4v) is 2.80. The predicted octanol–water partition coefficient (Wildman–Crippen LogP) is 3.00. The average molecular weight is 273 g/mol. The van der Waals surface area contributed by atoms with Crippen molar-refractivity contribution in [2.45, 2.75) is 39.2 Å². The molecule has 3 nitrogen and oxygen atoms in total. The van der Waals surface area contributed by atoms with Gasteiger partial charge < -0.3 is 9.88 Å². The molecule has 0 radical (unpaired) electrons. The Bertz CT molecular complexity index is 604. The van der Waals surface area contributed by atoms with Gasteiger partial charge in [-0.25, -0.2) is 9.37 Å². The fourth-order valence-electron chi connectivity index (χ4n) is 2.80. The number of nitrogens with one attached hydrogen (secondary N) is 1. The number of imidazole rings is 1. The Balaban J connectivity index is 1.92. The van der Waals surface area contributed by atoms with Crippen molar-refractivity contribution in [2.75, 3.05) is 6.54 Å². The van der Waals surface area contributed by atoms with Gasteiger partial charge in [0.15, 0.2) is 0 Å². The summed E-state index contributed by atoms with van der Waals surface area (Å²) in [6.45, 7) is 3.64. The van der Waals surface area contributed by atoms with Crippen LogP contribution in [0, 0.1) is 5.82 Å². The maximum Gasteiger partial charge on any atom is 0.147 e. The van der Waals surface area contributed by atoms with Crippen molar-refractivity contribution in [3.05, 3.63) is 47.3 Å². The van der Waals surface area contributed by atoms with Gasteiger partial charge in [0, 0.05) is 12.2 Å². The minimum atomic E-state index is -0.175. The molecule has 3 rings (SSSR count). The van der Waals surface area contributed by atoms with E-state index in [2.05, 4.69) is 10.3 Å². The second kappa shape index (κ2) is 5.75. The van der Waals surface area contributed by atoms with E-state index < -0.39 is 0 Å². The molecule has 0 aliphatic heterocycles. The maximum atomic E-state index is 14.3. The van der Waals surface area contributed by atoms with Crippen molar-refractivity contribution < 1.29 is 4.39 Å². The summed E-state index contributed by atoms with van der Waals surface area (Å²) < 4.78 is 16.3. The Morgan fingerprint density at radius 3 is 2.95 bits per heavy atom. The lowest BCUT2D eigenvalue weighted by Crippen LogP contribution is -2.12. The van der Waals surface area contributed by atoms with Gasteiger partial charge in [-0.15, -0.1) is 0 Å². The molecule has 106 valence electrons. The lowest BCUT2D eigenvalue weighted by Gasteiger charge is -2.15. The Morgan fingerprint density at radius 1 is 1.30 bits per heavy atom. The summed E-state index contributed by atoms with van der Waals surface area (Å²) in [6, 6.07) is 5.46. The van der Waals surface area contributed by atoms with E-state index in [-0.39, 0.29) is 5.82 Å². The summed E-state index contributed by atoms with van der Waals surface area (Å²) in [5, 5.41) is 3.21. The van der Waals surface area contributed by atoms with Crippen LogP contribution in [0.2, 0.25) is 0 Å². The largest absolute Gasteiger partial charge is 0.313 e.